The summed E-state index contributed by atoms with van der Waals surface area (Å²) in [6.45, 7) is 32.6. The summed E-state index contributed by atoms with van der Waals surface area (Å²) >= 11 is 16.7. The molecule has 8 aliphatic carbocycles. The number of alkyl halides is 2. The van der Waals surface area contributed by atoms with E-state index in [1.807, 2.05) is 0 Å². The average molecular weight is 1910 g/mol. The molecule has 0 spiro atoms. The largest absolute Gasteiger partial charge is 0 e. The van der Waals surface area contributed by atoms with Crippen molar-refractivity contribution < 1.29 is 32.9 Å². The summed E-state index contributed by atoms with van der Waals surface area (Å²) in [6.07, 6.45) is 15.2. The third-order valence-electron chi connectivity index (χ3n) is 16.7. The molecule has 0 nitrogen and oxygen atoms in total. The normalized spacial score (nSPS) is 24.3. The van der Waals surface area contributed by atoms with E-state index in [0.717, 1.165) is 47.3 Å². The maximum Gasteiger partial charge on any atom is 0 e. The number of rotatable bonds is 2. The zero-order valence-electron chi connectivity index (χ0n) is 47.4. The Kier molecular flexibility index (Phi) is 34.7. The van der Waals surface area contributed by atoms with E-state index in [1.165, 1.54) is 55.9 Å². The van der Waals surface area contributed by atoms with E-state index in [2.05, 4.69) is 332 Å². The van der Waals surface area contributed by atoms with Crippen molar-refractivity contribution in [1.29, 1.82) is 0 Å². The third-order valence-corrected chi connectivity index (χ3v) is 16.7. The van der Waals surface area contributed by atoms with Gasteiger partial charge < -0.3 is 21.8 Å². The summed E-state index contributed by atoms with van der Waals surface area (Å²) in [5, 5.41) is 0. The second-order valence-electron chi connectivity index (χ2n) is 21.5. The first-order valence-electron chi connectivity index (χ1n) is 26.0. The molecule has 0 N–H and O–H groups in total. The van der Waals surface area contributed by atoms with Crippen LogP contribution in [0.15, 0.2) is 119 Å². The Labute approximate surface area is 565 Å². The van der Waals surface area contributed by atoms with E-state index < -0.39 is 0 Å². The zero-order valence-corrected chi connectivity index (χ0v) is 66.7. The number of aryl methyl sites for hydroxylation is 4. The fourth-order valence-electron chi connectivity index (χ4n) is 14.6. The first-order chi connectivity index (χ1) is 34.4. The molecular weight excluding hydrogens is 1820 g/mol. The van der Waals surface area contributed by atoms with Crippen molar-refractivity contribution in [2.45, 2.75) is 163 Å². The maximum atomic E-state index is 3.25. The summed E-state index contributed by atoms with van der Waals surface area (Å²) in [4.78, 5) is -0.278. The predicted molar refractivity (Wildman–Crippen MR) is 384 cm³/mol. The van der Waals surface area contributed by atoms with E-state index in [0.29, 0.717) is 33.1 Å². The van der Waals surface area contributed by atoms with Crippen LogP contribution in [0.4, 0.5) is 0 Å². The summed E-state index contributed by atoms with van der Waals surface area (Å²) in [7, 11) is 0.628. The van der Waals surface area contributed by atoms with Crippen molar-refractivity contribution in [3.05, 3.63) is 208 Å². The number of halogens is 7. The molecule has 2 fully saturated rings. The fraction of sp³-hybridized carbons (Fsp3) is 0.462. The number of allylic oxidation sites excluding steroid dienone is 8. The van der Waals surface area contributed by atoms with Crippen molar-refractivity contribution in [2.75, 3.05) is 2.43 Å². The van der Waals surface area contributed by atoms with Crippen LogP contribution >= 0.6 is 145 Å². The Bertz CT molecular complexity index is 2540. The van der Waals surface area contributed by atoms with Crippen LogP contribution in [0.2, 0.25) is 0 Å². The minimum absolute atomic E-state index is 0. The van der Waals surface area contributed by atoms with Crippen LogP contribution in [0.1, 0.15) is 202 Å². The standard InChI is InChI=1S/C15H20.2C15H18.C15H16.C2H5.CH2I2.2CH3.5HI.3V/c4*1-9(2)14-12-7-8-13(14)15-10(3)5-4-6-11(12)15;1-2;2-1-3;;;;;;;;;;/h4-6,9,12-14H,7-8H2,1-3H3;4-6,12-13H,7-8H2,1-3H3;4-9,12-14H,1-3H3;4-8,12-13H,1-3H3;1H2,2H3;1H2;2*1H3;5*1H;;;/q;;;;-1;;2*-1;;;;;;;+2;+3/p-5. The first kappa shape index (κ1) is 73.8. The molecule has 0 saturated heterocycles. The van der Waals surface area contributed by atoms with Gasteiger partial charge in [0, 0.05) is 54.1 Å². The maximum absolute atomic E-state index is 3.25. The van der Waals surface area contributed by atoms with Gasteiger partial charge in [-0.05, 0) is 189 Å². The second-order valence-corrected chi connectivity index (χ2v) is 73.1. The molecule has 8 aliphatic rings. The topological polar surface area (TPSA) is 0 Å². The zero-order chi connectivity index (χ0) is 53.3. The monoisotopic (exact) mass is 1910 g/mol. The Morgan fingerprint density at radius 3 is 1.37 bits per heavy atom. The summed E-state index contributed by atoms with van der Waals surface area (Å²) in [6, 6.07) is 27.2. The van der Waals surface area contributed by atoms with Gasteiger partial charge in [-0.15, -0.1) is 0 Å². The third kappa shape index (κ3) is 17.0. The molecule has 12 rings (SSSR count). The quantitative estimate of drug-likeness (QED) is 0.0812. The Hall–Kier alpha value is 2.70. The molecular formula is C65H85I7V3-3. The van der Waals surface area contributed by atoms with E-state index in [-0.39, 0.29) is 38.3 Å². The van der Waals surface area contributed by atoms with Crippen LogP contribution in [0, 0.1) is 73.1 Å². The molecule has 412 valence electrons. The Morgan fingerprint density at radius 2 is 0.920 bits per heavy atom. The van der Waals surface area contributed by atoms with Gasteiger partial charge in [-0.2, -0.15) is 6.92 Å². The predicted octanol–water partition coefficient (Wildman–Crippen LogP) is 24.6. The van der Waals surface area contributed by atoms with Gasteiger partial charge in [0.15, 0.2) is 0 Å². The van der Waals surface area contributed by atoms with Crippen molar-refractivity contribution in [3.63, 3.8) is 0 Å². The molecule has 4 aromatic rings. The van der Waals surface area contributed by atoms with Gasteiger partial charge in [0.1, 0.15) is 0 Å². The minimum atomic E-state index is -0.278. The number of hydrogen-bond acceptors (Lipinski definition) is 0. The molecule has 2 saturated carbocycles. The molecule has 10 heteroatoms. The molecule has 0 heterocycles. The van der Waals surface area contributed by atoms with Gasteiger partial charge in [-0.3, -0.25) is 0 Å². The van der Waals surface area contributed by atoms with Crippen LogP contribution in [-0.4, -0.2) is 2.43 Å². The van der Waals surface area contributed by atoms with E-state index in [4.69, 9.17) is 0 Å². The number of benzene rings is 4. The molecule has 75 heavy (non-hydrogen) atoms. The van der Waals surface area contributed by atoms with Gasteiger partial charge in [0.05, 0.1) is 2.43 Å². The molecule has 0 aliphatic heterocycles. The van der Waals surface area contributed by atoms with E-state index in [1.54, 1.807) is 68.2 Å². The van der Waals surface area contributed by atoms with Crippen LogP contribution in [0.3, 0.4) is 0 Å². The summed E-state index contributed by atoms with van der Waals surface area (Å²) in [5.74, 6) is 9.21. The molecule has 1 radical (unpaired) electrons. The molecule has 8 bridgehead atoms. The Balaban J connectivity index is 0.000000315. The second kappa shape index (κ2) is 35.2. The van der Waals surface area contributed by atoms with Gasteiger partial charge in [0.2, 0.25) is 0 Å². The van der Waals surface area contributed by atoms with Gasteiger partial charge in [-0.1, -0.05) is 187 Å². The SMILES string of the molecule is CC(C)=C1C2C=CC1c1c(C)cccc12.CC(C)=C1C2CCC1c1c(C)cccc12.Cc1cccc2c1C1C=CC2C1C(C)C.Cc1cccc2c1C1CCC2C1C(C)C.ICI.[CH2-]C.[CH3-].[CH3-].[I][V]([I])[I].[I][V][I].[V]. The molecule has 0 aromatic heterocycles. The van der Waals surface area contributed by atoms with Crippen molar-refractivity contribution in [3.8, 4) is 0 Å². The minimum Gasteiger partial charge on any atom is 0 e. The Morgan fingerprint density at radius 1 is 0.520 bits per heavy atom. The van der Waals surface area contributed by atoms with Gasteiger partial charge in [0.25, 0.3) is 0 Å². The number of hydrogen-bond donors (Lipinski definition) is 0. The van der Waals surface area contributed by atoms with E-state index in [9.17, 15) is 0 Å². The average Bonchev–Trinajstić information content (AvgIpc) is 4.22. The summed E-state index contributed by atoms with van der Waals surface area (Å²) < 4.78 is 1.19. The molecule has 10 atom stereocenters. The van der Waals surface area contributed by atoms with Crippen molar-refractivity contribution >= 4 is 145 Å². The van der Waals surface area contributed by atoms with Crippen molar-refractivity contribution in [2.24, 2.45) is 23.7 Å². The van der Waals surface area contributed by atoms with Gasteiger partial charge >= 0.3 is 114 Å². The summed E-state index contributed by atoms with van der Waals surface area (Å²) in [5.41, 5.74) is 25.4. The first-order valence-corrected chi connectivity index (χ1v) is 51.6. The van der Waals surface area contributed by atoms with Crippen LogP contribution < -0.4 is 0 Å². The van der Waals surface area contributed by atoms with Gasteiger partial charge in [-0.25, -0.2) is 0 Å². The van der Waals surface area contributed by atoms with Crippen LogP contribution in [-0.2, 0) is 32.9 Å². The smallest absolute Gasteiger partial charge is 0 e. The number of fused-ring (bicyclic) bond motifs is 20. The van der Waals surface area contributed by atoms with Crippen LogP contribution in [0.5, 0.6) is 0 Å². The van der Waals surface area contributed by atoms with E-state index >= 15 is 0 Å². The molecule has 4 aromatic carbocycles. The fourth-order valence-corrected chi connectivity index (χ4v) is 14.6. The van der Waals surface area contributed by atoms with Crippen LogP contribution in [0.25, 0.3) is 0 Å². The van der Waals surface area contributed by atoms with Crippen molar-refractivity contribution in [1.82, 2.24) is 0 Å². The molecule has 10 unspecified atom stereocenters. The molecule has 0 amide bonds.